The van der Waals surface area contributed by atoms with Crippen LogP contribution in [0.5, 0.6) is 0 Å². The number of nitro benzene ring substituents is 1. The third-order valence-electron chi connectivity index (χ3n) is 3.31. The van der Waals surface area contributed by atoms with Crippen molar-refractivity contribution in [3.8, 4) is 0 Å². The molecule has 0 bridgehead atoms. The Hall–Kier alpha value is -3.61. The van der Waals surface area contributed by atoms with Gasteiger partial charge in [-0.1, -0.05) is 36.4 Å². The molecule has 0 spiro atoms. The van der Waals surface area contributed by atoms with E-state index in [9.17, 15) is 10.1 Å². The second-order valence-electron chi connectivity index (χ2n) is 4.85. The Bertz CT molecular complexity index is 932. The molecule has 0 aliphatic rings. The van der Waals surface area contributed by atoms with Gasteiger partial charge in [0.15, 0.2) is 5.82 Å². The van der Waals surface area contributed by atoms with E-state index in [2.05, 4.69) is 20.7 Å². The number of para-hydroxylation sites is 1. The number of hydrogen-bond acceptors (Lipinski definition) is 6. The molecule has 0 aliphatic heterocycles. The minimum atomic E-state index is -0.416. The van der Waals surface area contributed by atoms with Crippen LogP contribution in [0.1, 0.15) is 5.56 Å². The van der Waals surface area contributed by atoms with Gasteiger partial charge in [-0.25, -0.2) is 0 Å². The van der Waals surface area contributed by atoms with E-state index in [0.717, 1.165) is 10.8 Å². The van der Waals surface area contributed by atoms with Gasteiger partial charge in [0.05, 0.1) is 16.7 Å². The maximum Gasteiger partial charge on any atom is 0.276 e. The molecule has 0 fully saturated rings. The molecule has 7 heteroatoms. The van der Waals surface area contributed by atoms with E-state index in [1.807, 2.05) is 24.3 Å². The molecule has 7 nitrogen and oxygen atoms in total. The van der Waals surface area contributed by atoms with Crippen molar-refractivity contribution < 1.29 is 4.92 Å². The standard InChI is InChI=1S/C17H13N5O2/c23-22(24)16-10-4-2-6-13(16)8-5-11-18-20-17-15-9-3-1-7-14(15)12-19-21-17/h1-12H,(H,20,21)/b8-5+,18-11-. The molecule has 3 rings (SSSR count). The van der Waals surface area contributed by atoms with Gasteiger partial charge in [-0.3, -0.25) is 15.5 Å². The number of benzene rings is 2. The number of allylic oxidation sites excluding steroid dienone is 1. The largest absolute Gasteiger partial charge is 0.276 e. The van der Waals surface area contributed by atoms with Crippen LogP contribution in [0.4, 0.5) is 11.5 Å². The van der Waals surface area contributed by atoms with Crippen molar-refractivity contribution in [2.75, 3.05) is 5.43 Å². The maximum atomic E-state index is 10.9. The van der Waals surface area contributed by atoms with Crippen molar-refractivity contribution in [3.05, 3.63) is 76.5 Å². The molecule has 1 N–H and O–H groups in total. The van der Waals surface area contributed by atoms with E-state index in [-0.39, 0.29) is 5.69 Å². The van der Waals surface area contributed by atoms with Crippen LogP contribution < -0.4 is 5.43 Å². The molecule has 0 unspecified atom stereocenters. The summed E-state index contributed by atoms with van der Waals surface area (Å²) in [7, 11) is 0. The summed E-state index contributed by atoms with van der Waals surface area (Å²) in [5.41, 5.74) is 3.39. The predicted molar refractivity (Wildman–Crippen MR) is 93.8 cm³/mol. The number of aromatic nitrogens is 2. The number of fused-ring (bicyclic) bond motifs is 1. The van der Waals surface area contributed by atoms with Crippen molar-refractivity contribution in [2.24, 2.45) is 5.10 Å². The Kier molecular flexibility index (Phi) is 4.52. The average Bonchev–Trinajstić information content (AvgIpc) is 2.62. The number of hydrazone groups is 1. The number of nitro groups is 1. The zero-order valence-corrected chi connectivity index (χ0v) is 12.5. The van der Waals surface area contributed by atoms with Crippen LogP contribution in [-0.4, -0.2) is 21.3 Å². The number of anilines is 1. The van der Waals surface area contributed by atoms with Crippen molar-refractivity contribution in [2.45, 2.75) is 0 Å². The van der Waals surface area contributed by atoms with Gasteiger partial charge in [0, 0.05) is 23.1 Å². The molecule has 1 heterocycles. The molecule has 0 radical (unpaired) electrons. The minimum absolute atomic E-state index is 0.0510. The molecule has 0 saturated heterocycles. The lowest BCUT2D eigenvalue weighted by atomic mass is 10.2. The third kappa shape index (κ3) is 3.41. The molecule has 0 aliphatic carbocycles. The summed E-state index contributed by atoms with van der Waals surface area (Å²) in [6, 6.07) is 14.2. The molecule has 118 valence electrons. The highest BCUT2D eigenvalue weighted by Gasteiger charge is 2.08. The Morgan fingerprint density at radius 3 is 2.79 bits per heavy atom. The summed E-state index contributed by atoms with van der Waals surface area (Å²) >= 11 is 0. The second kappa shape index (κ2) is 7.10. The number of rotatable bonds is 5. The fraction of sp³-hybridized carbons (Fsp3) is 0. The first-order chi connectivity index (χ1) is 11.8. The van der Waals surface area contributed by atoms with Crippen molar-refractivity contribution in [1.82, 2.24) is 10.2 Å². The van der Waals surface area contributed by atoms with Gasteiger partial charge in [-0.05, 0) is 18.2 Å². The molecular formula is C17H13N5O2. The molecule has 0 amide bonds. The van der Waals surface area contributed by atoms with Crippen LogP contribution in [-0.2, 0) is 0 Å². The fourth-order valence-electron chi connectivity index (χ4n) is 2.19. The predicted octanol–water partition coefficient (Wildman–Crippen LogP) is 3.65. The number of nitrogens with zero attached hydrogens (tertiary/aromatic N) is 4. The smallest absolute Gasteiger partial charge is 0.259 e. The molecule has 2 aromatic carbocycles. The number of hydrogen-bond donors (Lipinski definition) is 1. The van der Waals surface area contributed by atoms with Crippen LogP contribution >= 0.6 is 0 Å². The summed E-state index contributed by atoms with van der Waals surface area (Å²) in [6.45, 7) is 0. The second-order valence-corrected chi connectivity index (χ2v) is 4.85. The lowest BCUT2D eigenvalue weighted by Crippen LogP contribution is -1.95. The van der Waals surface area contributed by atoms with Crippen LogP contribution in [0.3, 0.4) is 0 Å². The molecule has 24 heavy (non-hydrogen) atoms. The summed E-state index contributed by atoms with van der Waals surface area (Å²) in [4.78, 5) is 10.5. The summed E-state index contributed by atoms with van der Waals surface area (Å²) in [5.74, 6) is 0.545. The van der Waals surface area contributed by atoms with Crippen LogP contribution in [0.25, 0.3) is 16.8 Å². The Labute approximate surface area is 137 Å². The zero-order chi connectivity index (χ0) is 16.8. The van der Waals surface area contributed by atoms with Gasteiger partial charge < -0.3 is 0 Å². The first-order valence-corrected chi connectivity index (χ1v) is 7.15. The fourth-order valence-corrected chi connectivity index (χ4v) is 2.19. The van der Waals surface area contributed by atoms with Crippen LogP contribution in [0.15, 0.2) is 65.9 Å². The summed E-state index contributed by atoms with van der Waals surface area (Å²) in [6.07, 6.45) is 6.42. The lowest BCUT2D eigenvalue weighted by molar-refractivity contribution is -0.385. The summed E-state index contributed by atoms with van der Waals surface area (Å²) in [5, 5.41) is 24.8. The SMILES string of the molecule is O=[N+]([O-])c1ccccc1/C=C/C=N\Nc1nncc2ccccc12. The van der Waals surface area contributed by atoms with Crippen molar-refractivity contribution in [1.29, 1.82) is 0 Å². The molecule has 0 saturated carbocycles. The van der Waals surface area contributed by atoms with Crippen molar-refractivity contribution >= 4 is 34.6 Å². The highest BCUT2D eigenvalue weighted by Crippen LogP contribution is 2.19. The summed E-state index contributed by atoms with van der Waals surface area (Å²) < 4.78 is 0. The molecular weight excluding hydrogens is 306 g/mol. The maximum absolute atomic E-state index is 10.9. The Balaban J connectivity index is 1.72. The number of nitrogens with one attached hydrogen (secondary N) is 1. The van der Waals surface area contributed by atoms with Gasteiger partial charge in [0.2, 0.25) is 0 Å². The highest BCUT2D eigenvalue weighted by molar-refractivity contribution is 5.91. The quantitative estimate of drug-likeness (QED) is 0.440. The van der Waals surface area contributed by atoms with Crippen LogP contribution in [0, 0.1) is 10.1 Å². The third-order valence-corrected chi connectivity index (χ3v) is 3.31. The van der Waals surface area contributed by atoms with Gasteiger partial charge >= 0.3 is 0 Å². The Morgan fingerprint density at radius 2 is 1.92 bits per heavy atom. The van der Waals surface area contributed by atoms with Gasteiger partial charge in [0.1, 0.15) is 0 Å². The van der Waals surface area contributed by atoms with Gasteiger partial charge in [0.25, 0.3) is 5.69 Å². The van der Waals surface area contributed by atoms with E-state index in [1.165, 1.54) is 12.3 Å². The van der Waals surface area contributed by atoms with E-state index >= 15 is 0 Å². The van der Waals surface area contributed by atoms with Gasteiger partial charge in [-0.2, -0.15) is 10.2 Å². The average molecular weight is 319 g/mol. The lowest BCUT2D eigenvalue weighted by Gasteiger charge is -2.02. The Morgan fingerprint density at radius 1 is 1.12 bits per heavy atom. The van der Waals surface area contributed by atoms with E-state index in [0.29, 0.717) is 11.4 Å². The first kappa shape index (κ1) is 15.3. The minimum Gasteiger partial charge on any atom is -0.259 e. The monoisotopic (exact) mass is 319 g/mol. The first-order valence-electron chi connectivity index (χ1n) is 7.15. The van der Waals surface area contributed by atoms with Crippen molar-refractivity contribution in [3.63, 3.8) is 0 Å². The highest BCUT2D eigenvalue weighted by atomic mass is 16.6. The molecule has 3 aromatic rings. The topological polar surface area (TPSA) is 93.3 Å². The normalized spacial score (nSPS) is 11.3. The van der Waals surface area contributed by atoms with E-state index in [1.54, 1.807) is 36.5 Å². The van der Waals surface area contributed by atoms with E-state index < -0.39 is 4.92 Å². The molecule has 1 aromatic heterocycles. The van der Waals surface area contributed by atoms with E-state index in [4.69, 9.17) is 0 Å². The zero-order valence-electron chi connectivity index (χ0n) is 12.5. The van der Waals surface area contributed by atoms with Gasteiger partial charge in [-0.15, -0.1) is 5.10 Å². The molecule has 0 atom stereocenters. The van der Waals surface area contributed by atoms with Crippen LogP contribution in [0.2, 0.25) is 0 Å².